The Morgan fingerprint density at radius 3 is 2.82 bits per heavy atom. The lowest BCUT2D eigenvalue weighted by Crippen LogP contribution is -2.39. The summed E-state index contributed by atoms with van der Waals surface area (Å²) in [6.07, 6.45) is 10.6. The minimum Gasteiger partial charge on any atom is -0.462 e. The van der Waals surface area contributed by atoms with Crippen LogP contribution >= 0.6 is 0 Å². The second kappa shape index (κ2) is 4.49. The van der Waals surface area contributed by atoms with E-state index in [0.717, 1.165) is 47.3 Å². The number of ether oxygens (including phenoxy) is 1. The third-order valence-corrected chi connectivity index (χ3v) is 7.88. The molecule has 0 spiro atoms. The average Bonchev–Trinajstić information content (AvgIpc) is 3.24. The largest absolute Gasteiger partial charge is 0.462 e. The Labute approximate surface area is 133 Å². The van der Waals surface area contributed by atoms with Gasteiger partial charge in [-0.2, -0.15) is 0 Å². The van der Waals surface area contributed by atoms with Crippen molar-refractivity contribution in [1.82, 2.24) is 0 Å². The molecule has 0 radical (unpaired) electrons. The van der Waals surface area contributed by atoms with Crippen molar-refractivity contribution in [3.63, 3.8) is 0 Å². The highest BCUT2D eigenvalue weighted by Gasteiger charge is 2.67. The predicted molar refractivity (Wildman–Crippen MR) is 84.8 cm³/mol. The molecule has 5 aliphatic rings. The second-order valence-corrected chi connectivity index (χ2v) is 8.66. The molecule has 2 nitrogen and oxygen atoms in total. The molecule has 0 saturated heterocycles. The zero-order valence-corrected chi connectivity index (χ0v) is 13.4. The third-order valence-electron chi connectivity index (χ3n) is 7.88. The van der Waals surface area contributed by atoms with Crippen LogP contribution in [0.2, 0.25) is 0 Å². The Kier molecular flexibility index (Phi) is 2.73. The number of fused-ring (bicyclic) bond motifs is 12. The molecule has 118 valence electrons. The summed E-state index contributed by atoms with van der Waals surface area (Å²) in [4.78, 5) is 11.7. The van der Waals surface area contributed by atoms with Gasteiger partial charge in [-0.3, -0.25) is 0 Å². The molecule has 0 aromatic carbocycles. The van der Waals surface area contributed by atoms with Gasteiger partial charge in [-0.05, 0) is 85.9 Å². The van der Waals surface area contributed by atoms with E-state index in [9.17, 15) is 4.79 Å². The zero-order chi connectivity index (χ0) is 15.0. The van der Waals surface area contributed by atoms with Crippen LogP contribution in [0.25, 0.3) is 0 Å². The van der Waals surface area contributed by atoms with Crippen molar-refractivity contribution in [3.05, 3.63) is 24.3 Å². The first kappa shape index (κ1) is 13.4. The smallest absolute Gasteiger partial charge is 0.333 e. The van der Waals surface area contributed by atoms with Crippen molar-refractivity contribution in [2.24, 2.45) is 53.3 Å². The standard InChI is InChI=1S/C20H26O2/c1-10(2)20(21)22-9-12-6-11-7-15(12)19-17-8-16(18(11)19)13-4-3-5-14(13)17/h3-4,11-19H,1,5-9H2,2H3. The van der Waals surface area contributed by atoms with Crippen molar-refractivity contribution in [2.45, 2.75) is 32.6 Å². The summed E-state index contributed by atoms with van der Waals surface area (Å²) in [6, 6.07) is 0. The van der Waals surface area contributed by atoms with Gasteiger partial charge in [-0.25, -0.2) is 4.79 Å². The summed E-state index contributed by atoms with van der Waals surface area (Å²) in [5.74, 6) is 8.00. The molecule has 0 aliphatic heterocycles. The van der Waals surface area contributed by atoms with Gasteiger partial charge in [0.05, 0.1) is 6.61 Å². The first-order valence-electron chi connectivity index (χ1n) is 9.14. The maximum Gasteiger partial charge on any atom is 0.333 e. The van der Waals surface area contributed by atoms with Gasteiger partial charge in [0, 0.05) is 5.57 Å². The van der Waals surface area contributed by atoms with Crippen LogP contribution in [0.4, 0.5) is 0 Å². The molecule has 0 aromatic heterocycles. The highest BCUT2D eigenvalue weighted by atomic mass is 16.5. The van der Waals surface area contributed by atoms with E-state index in [1.807, 2.05) is 0 Å². The van der Waals surface area contributed by atoms with Crippen molar-refractivity contribution in [2.75, 3.05) is 6.61 Å². The molecule has 0 N–H and O–H groups in total. The molecular weight excluding hydrogens is 272 g/mol. The lowest BCUT2D eigenvalue weighted by atomic mass is 9.62. The van der Waals surface area contributed by atoms with E-state index >= 15 is 0 Å². The molecule has 0 heterocycles. The lowest BCUT2D eigenvalue weighted by molar-refractivity contribution is -0.141. The predicted octanol–water partition coefficient (Wildman–Crippen LogP) is 3.84. The monoisotopic (exact) mass is 298 g/mol. The number of carbonyl (C=O) groups is 1. The van der Waals surface area contributed by atoms with Crippen LogP contribution in [0, 0.1) is 53.3 Å². The van der Waals surface area contributed by atoms with Crippen molar-refractivity contribution in [3.8, 4) is 0 Å². The summed E-state index contributed by atoms with van der Waals surface area (Å²) in [6.45, 7) is 6.06. The third kappa shape index (κ3) is 1.59. The topological polar surface area (TPSA) is 26.3 Å². The van der Waals surface area contributed by atoms with Crippen LogP contribution < -0.4 is 0 Å². The average molecular weight is 298 g/mol. The molecule has 9 atom stereocenters. The number of hydrogen-bond donors (Lipinski definition) is 0. The summed E-state index contributed by atoms with van der Waals surface area (Å²) in [5.41, 5.74) is 0.529. The van der Waals surface area contributed by atoms with Gasteiger partial charge >= 0.3 is 5.97 Å². The van der Waals surface area contributed by atoms with Gasteiger partial charge < -0.3 is 4.74 Å². The van der Waals surface area contributed by atoms with E-state index in [1.165, 1.54) is 25.7 Å². The number of allylic oxidation sites excluding steroid dienone is 2. The Hall–Kier alpha value is -1.05. The van der Waals surface area contributed by atoms with Gasteiger partial charge in [0.2, 0.25) is 0 Å². The Morgan fingerprint density at radius 2 is 2.00 bits per heavy atom. The van der Waals surface area contributed by atoms with Crippen molar-refractivity contribution >= 4 is 5.97 Å². The number of rotatable bonds is 3. The Morgan fingerprint density at radius 1 is 1.14 bits per heavy atom. The number of esters is 1. The van der Waals surface area contributed by atoms with Gasteiger partial charge in [-0.1, -0.05) is 18.7 Å². The Balaban J connectivity index is 1.32. The van der Waals surface area contributed by atoms with Crippen molar-refractivity contribution < 1.29 is 9.53 Å². The molecule has 9 unspecified atom stereocenters. The van der Waals surface area contributed by atoms with Crippen LogP contribution in [0.3, 0.4) is 0 Å². The molecule has 4 bridgehead atoms. The first-order chi connectivity index (χ1) is 10.6. The minimum atomic E-state index is -0.202. The van der Waals surface area contributed by atoms with Crippen molar-refractivity contribution in [1.29, 1.82) is 0 Å². The molecular formula is C20H26O2. The normalized spacial score (nSPS) is 52.9. The van der Waals surface area contributed by atoms with E-state index < -0.39 is 0 Å². The molecule has 0 amide bonds. The Bertz CT molecular complexity index is 562. The van der Waals surface area contributed by atoms with E-state index in [4.69, 9.17) is 4.74 Å². The maximum atomic E-state index is 11.7. The van der Waals surface area contributed by atoms with Crippen LogP contribution in [0.5, 0.6) is 0 Å². The van der Waals surface area contributed by atoms with E-state index in [0.29, 0.717) is 18.1 Å². The fourth-order valence-corrected chi connectivity index (χ4v) is 7.44. The minimum absolute atomic E-state index is 0.202. The van der Waals surface area contributed by atoms with Crippen LogP contribution in [-0.2, 0) is 9.53 Å². The SMILES string of the molecule is C=C(C)C(=O)OCC1CC2CC1C1C3CC(C4C=CCC43)C21. The van der Waals surface area contributed by atoms with E-state index in [2.05, 4.69) is 18.7 Å². The fraction of sp³-hybridized carbons (Fsp3) is 0.750. The van der Waals surface area contributed by atoms with E-state index in [-0.39, 0.29) is 5.97 Å². The molecule has 5 aliphatic carbocycles. The molecule has 5 rings (SSSR count). The first-order valence-corrected chi connectivity index (χ1v) is 9.14. The number of carbonyl (C=O) groups excluding carboxylic acids is 1. The molecule has 0 aromatic rings. The van der Waals surface area contributed by atoms with Gasteiger partial charge in [0.15, 0.2) is 0 Å². The molecule has 2 heteroatoms. The zero-order valence-electron chi connectivity index (χ0n) is 13.4. The lowest BCUT2D eigenvalue weighted by Gasteiger charge is -2.43. The maximum absolute atomic E-state index is 11.7. The number of hydrogen-bond acceptors (Lipinski definition) is 2. The van der Waals surface area contributed by atoms with Crippen LogP contribution in [0.15, 0.2) is 24.3 Å². The molecule has 4 fully saturated rings. The second-order valence-electron chi connectivity index (χ2n) is 8.66. The summed E-state index contributed by atoms with van der Waals surface area (Å²) >= 11 is 0. The summed E-state index contributed by atoms with van der Waals surface area (Å²) < 4.78 is 5.50. The fourth-order valence-electron chi connectivity index (χ4n) is 7.44. The van der Waals surface area contributed by atoms with Gasteiger partial charge in [0.1, 0.15) is 0 Å². The quantitative estimate of drug-likeness (QED) is 0.342. The van der Waals surface area contributed by atoms with Crippen LogP contribution in [-0.4, -0.2) is 12.6 Å². The van der Waals surface area contributed by atoms with Gasteiger partial charge in [-0.15, -0.1) is 0 Å². The van der Waals surface area contributed by atoms with E-state index in [1.54, 1.807) is 6.92 Å². The summed E-state index contributed by atoms with van der Waals surface area (Å²) in [7, 11) is 0. The van der Waals surface area contributed by atoms with Gasteiger partial charge in [0.25, 0.3) is 0 Å². The summed E-state index contributed by atoms with van der Waals surface area (Å²) in [5, 5.41) is 0. The molecule has 4 saturated carbocycles. The highest BCUT2D eigenvalue weighted by molar-refractivity contribution is 5.86. The highest BCUT2D eigenvalue weighted by Crippen LogP contribution is 2.72. The van der Waals surface area contributed by atoms with Crippen LogP contribution in [0.1, 0.15) is 32.6 Å². The molecule has 22 heavy (non-hydrogen) atoms.